The quantitative estimate of drug-likeness (QED) is 0.207. The number of cyclic esters (lactones) is 1. The Hall–Kier alpha value is -4.95. The van der Waals surface area contributed by atoms with Crippen molar-refractivity contribution in [2.24, 2.45) is 11.3 Å². The average molecular weight is 934 g/mol. The highest BCUT2D eigenvalue weighted by Crippen LogP contribution is 2.42. The Morgan fingerprint density at radius 1 is 1.14 bits per heavy atom. The van der Waals surface area contributed by atoms with Crippen LogP contribution in [0.25, 0.3) is 33.4 Å². The average Bonchev–Trinajstić information content (AvgIpc) is 3.85. The molecule has 0 spiro atoms. The number of thiazole rings is 1. The molecule has 4 atom stereocenters. The first-order valence-electron chi connectivity index (χ1n) is 22.3. The summed E-state index contributed by atoms with van der Waals surface area (Å²) in [5, 5.41) is 7.99. The predicted molar refractivity (Wildman–Crippen MR) is 249 cm³/mol. The van der Waals surface area contributed by atoms with Crippen LogP contribution in [0.15, 0.2) is 41.9 Å². The number of methoxy groups -OCH3 is 1. The van der Waals surface area contributed by atoms with Crippen LogP contribution < -0.4 is 10.7 Å². The number of likely N-dealkylation sites (tertiary alicyclic amines) is 1. The number of carbonyl (C=O) groups excluding carboxylic acids is 4. The van der Waals surface area contributed by atoms with Crippen LogP contribution in [-0.2, 0) is 53.3 Å². The van der Waals surface area contributed by atoms with Crippen molar-refractivity contribution < 1.29 is 37.1 Å². The molecular weight excluding hydrogens is 871 g/mol. The summed E-state index contributed by atoms with van der Waals surface area (Å²) in [5.74, 6) is -1.80. The van der Waals surface area contributed by atoms with Crippen LogP contribution in [0.2, 0.25) is 0 Å². The normalized spacial score (nSPS) is 20.6. The zero-order chi connectivity index (χ0) is 47.1. The number of amides is 4. The van der Waals surface area contributed by atoms with Crippen molar-refractivity contribution in [1.82, 2.24) is 44.4 Å². The highest BCUT2D eigenvalue weighted by atomic mass is 32.2. The molecule has 1 aromatic carbocycles. The Morgan fingerprint density at radius 2 is 1.88 bits per heavy atom. The third kappa shape index (κ3) is 9.94. The number of aryl methyl sites for hydroxylation is 1. The number of ether oxygens (including phenoxy) is 2. The Morgan fingerprint density at radius 3 is 2.55 bits per heavy atom. The maximum atomic E-state index is 14.6. The van der Waals surface area contributed by atoms with Gasteiger partial charge in [-0.15, -0.1) is 11.3 Å². The second-order valence-electron chi connectivity index (χ2n) is 18.7. The van der Waals surface area contributed by atoms with Crippen molar-refractivity contribution in [3.63, 3.8) is 0 Å². The first-order valence-corrected chi connectivity index (χ1v) is 25.0. The first-order chi connectivity index (χ1) is 30.7. The molecule has 3 aliphatic rings. The van der Waals surface area contributed by atoms with Gasteiger partial charge in [-0.1, -0.05) is 33.8 Å². The molecule has 4 aromatic rings. The van der Waals surface area contributed by atoms with E-state index in [1.165, 1.54) is 37.5 Å². The van der Waals surface area contributed by atoms with E-state index in [2.05, 4.69) is 60.3 Å². The minimum atomic E-state index is -3.45. The van der Waals surface area contributed by atoms with Crippen LogP contribution in [0.4, 0.5) is 4.79 Å². The molecule has 2 saturated heterocycles. The van der Waals surface area contributed by atoms with E-state index in [-0.39, 0.29) is 44.2 Å². The maximum Gasteiger partial charge on any atom is 0.324 e. The lowest BCUT2D eigenvalue weighted by Crippen LogP contribution is -2.66. The molecule has 2 N–H and O–H groups in total. The van der Waals surface area contributed by atoms with Crippen molar-refractivity contribution in [2.45, 2.75) is 104 Å². The molecule has 4 amide bonds. The number of pyridine rings is 1. The SMILES string of the molecule is CCn1c(-c2cccnc2[C@H](C)OC)c2c3cc(ccc31)-c1csc(n1)C[C@H](NC(=O)C(C(C)C)N(C)C(=O)N1CC(N(C)S(C)(=O)=O)C1)C(=O)N1CCC[C@H](N1)C(=O)OCC(C)(C)C2. The van der Waals surface area contributed by atoms with E-state index < -0.39 is 57.4 Å². The molecule has 0 aliphatic carbocycles. The van der Waals surface area contributed by atoms with E-state index >= 15 is 0 Å². The summed E-state index contributed by atoms with van der Waals surface area (Å²) in [6.45, 7) is 13.4. The maximum absolute atomic E-state index is 14.6. The zero-order valence-electron chi connectivity index (χ0n) is 39.1. The van der Waals surface area contributed by atoms with Gasteiger partial charge < -0.3 is 29.2 Å². The fraction of sp³-hybridized carbons (Fsp3) is 0.565. The Kier molecular flexibility index (Phi) is 14.1. The number of hydrogen-bond donors (Lipinski definition) is 2. The summed E-state index contributed by atoms with van der Waals surface area (Å²) in [5.41, 5.74) is 9.15. The zero-order valence-corrected chi connectivity index (χ0v) is 40.7. The smallest absolute Gasteiger partial charge is 0.324 e. The highest BCUT2D eigenvalue weighted by molar-refractivity contribution is 7.88. The third-order valence-corrected chi connectivity index (χ3v) is 15.2. The van der Waals surface area contributed by atoms with Crippen molar-refractivity contribution in [2.75, 3.05) is 53.7 Å². The number of aromatic nitrogens is 3. The van der Waals surface area contributed by atoms with E-state index in [0.717, 1.165) is 50.9 Å². The lowest BCUT2D eigenvalue weighted by molar-refractivity contribution is -0.155. The van der Waals surface area contributed by atoms with Gasteiger partial charge in [0, 0.05) is 92.8 Å². The second kappa shape index (κ2) is 19.1. The molecule has 352 valence electrons. The van der Waals surface area contributed by atoms with Crippen molar-refractivity contribution >= 4 is 56.1 Å². The Balaban J connectivity index is 1.25. The number of hydrogen-bond acceptors (Lipinski definition) is 12. The van der Waals surface area contributed by atoms with Crippen LogP contribution in [0.1, 0.15) is 76.8 Å². The largest absolute Gasteiger partial charge is 0.464 e. The number of benzene rings is 1. The van der Waals surface area contributed by atoms with Gasteiger partial charge in [-0.25, -0.2) is 23.6 Å². The lowest BCUT2D eigenvalue weighted by atomic mass is 9.84. The molecule has 3 aliphatic heterocycles. The van der Waals surface area contributed by atoms with Gasteiger partial charge in [-0.3, -0.25) is 24.4 Å². The number of urea groups is 1. The summed E-state index contributed by atoms with van der Waals surface area (Å²) in [6, 6.07) is 6.68. The Bertz CT molecular complexity index is 2550. The predicted octanol–water partition coefficient (Wildman–Crippen LogP) is 4.85. The van der Waals surface area contributed by atoms with Gasteiger partial charge in [0.2, 0.25) is 15.9 Å². The number of carbonyl (C=O) groups is 4. The molecule has 3 aromatic heterocycles. The molecule has 19 heteroatoms. The number of fused-ring (bicyclic) bond motifs is 6. The van der Waals surface area contributed by atoms with Crippen LogP contribution >= 0.6 is 11.3 Å². The van der Waals surface area contributed by atoms with Gasteiger partial charge in [0.25, 0.3) is 5.91 Å². The van der Waals surface area contributed by atoms with Crippen LogP contribution in [0.5, 0.6) is 0 Å². The van der Waals surface area contributed by atoms with Gasteiger partial charge in [-0.05, 0) is 68.9 Å². The molecule has 1 unspecified atom stereocenters. The third-order valence-electron chi connectivity index (χ3n) is 12.9. The number of sulfonamides is 1. The van der Waals surface area contributed by atoms with Crippen LogP contribution in [0.3, 0.4) is 0 Å². The fourth-order valence-electron chi connectivity index (χ4n) is 9.20. The molecular formula is C46H63N9O8S2. The van der Waals surface area contributed by atoms with E-state index in [4.69, 9.17) is 19.4 Å². The van der Waals surface area contributed by atoms with Crippen LogP contribution in [-0.4, -0.2) is 144 Å². The van der Waals surface area contributed by atoms with Gasteiger partial charge in [0.05, 0.1) is 47.1 Å². The monoisotopic (exact) mass is 933 g/mol. The van der Waals surface area contributed by atoms with Crippen molar-refractivity contribution in [1.29, 1.82) is 0 Å². The van der Waals surface area contributed by atoms with Gasteiger partial charge in [0.1, 0.15) is 18.1 Å². The van der Waals surface area contributed by atoms with E-state index in [1.807, 2.05) is 32.2 Å². The van der Waals surface area contributed by atoms with Gasteiger partial charge in [-0.2, -0.15) is 4.31 Å². The number of rotatable bonds is 10. The molecule has 6 bridgehead atoms. The van der Waals surface area contributed by atoms with Crippen molar-refractivity contribution in [3.8, 4) is 22.5 Å². The molecule has 7 rings (SSSR count). The summed E-state index contributed by atoms with van der Waals surface area (Å²) < 4.78 is 39.6. The molecule has 0 radical (unpaired) electrons. The summed E-state index contributed by atoms with van der Waals surface area (Å²) in [7, 11) is 1.25. The topological polar surface area (TPSA) is 189 Å². The highest BCUT2D eigenvalue weighted by Gasteiger charge is 2.42. The number of nitrogens with zero attached hydrogens (tertiary/aromatic N) is 7. The van der Waals surface area contributed by atoms with Crippen LogP contribution in [0, 0.1) is 11.3 Å². The summed E-state index contributed by atoms with van der Waals surface area (Å²) >= 11 is 1.39. The lowest BCUT2D eigenvalue weighted by Gasteiger charge is -2.45. The first kappa shape index (κ1) is 48.0. The fourth-order valence-corrected chi connectivity index (χ4v) is 10.7. The van der Waals surface area contributed by atoms with Gasteiger partial charge >= 0.3 is 12.0 Å². The molecule has 0 saturated carbocycles. The standard InChI is InChI=1S/C46H63N9O8S2/c1-11-54-37-17-16-29-20-32(37)33(41(54)31-14-12-18-47-39(31)28(4)62-9)22-46(5,6)26-63-44(58)34-15-13-19-55(50-34)43(57)35(21-38-48-36(29)25-64-38)49-42(56)40(27(2)3)51(7)45(59)53-23-30(24-53)52(8)65(10,60)61/h12,14,16-18,20,25,27-28,30,34-35,40,50H,11,13,15,19,21-24,26H2,1-10H3,(H,49,56)/t28-,34-,35-,40?/m0/s1. The van der Waals surface area contributed by atoms with E-state index in [9.17, 15) is 27.6 Å². The number of likely N-dealkylation sites (N-methyl/N-ethyl adjacent to an activating group) is 2. The van der Waals surface area contributed by atoms with E-state index in [0.29, 0.717) is 37.4 Å². The Labute approximate surface area is 385 Å². The van der Waals surface area contributed by atoms with Gasteiger partial charge in [0.15, 0.2) is 0 Å². The summed E-state index contributed by atoms with van der Waals surface area (Å²) in [6.07, 6.45) is 4.24. The number of esters is 1. The number of nitrogens with one attached hydrogen (secondary N) is 2. The number of hydrazine groups is 1. The molecule has 6 heterocycles. The van der Waals surface area contributed by atoms with Crippen molar-refractivity contribution in [3.05, 3.63) is 58.2 Å². The molecule has 17 nitrogen and oxygen atoms in total. The second-order valence-corrected chi connectivity index (χ2v) is 21.7. The molecule has 2 fully saturated rings. The summed E-state index contributed by atoms with van der Waals surface area (Å²) in [4.78, 5) is 69.2. The molecule has 65 heavy (non-hydrogen) atoms. The minimum Gasteiger partial charge on any atom is -0.464 e. The van der Waals surface area contributed by atoms with E-state index in [1.54, 1.807) is 20.4 Å². The minimum absolute atomic E-state index is 0.0517.